The highest BCUT2D eigenvalue weighted by Crippen LogP contribution is 2.56. The lowest BCUT2D eigenvalue weighted by Crippen LogP contribution is -2.56. The van der Waals surface area contributed by atoms with Gasteiger partial charge in [0.15, 0.2) is 11.3 Å². The third-order valence-corrected chi connectivity index (χ3v) is 3.89. The van der Waals surface area contributed by atoms with Gasteiger partial charge in [-0.15, -0.1) is 0 Å². The molecule has 0 saturated carbocycles. The first kappa shape index (κ1) is 11.2. The van der Waals surface area contributed by atoms with Crippen LogP contribution in [0.1, 0.15) is 19.8 Å². The molecule has 5 nitrogen and oxygen atoms in total. The lowest BCUT2D eigenvalue weighted by molar-refractivity contribution is -0.129. The smallest absolute Gasteiger partial charge is 0.244 e. The standard InChI is InChI=1S/C12H10N4O/c1-11-4-2-3-9(11)16-10(17)8(5-13)12(11,6-14)7-15/h3,8H,2,4H2,1H3,(H,16,17). The summed E-state index contributed by atoms with van der Waals surface area (Å²) in [6.07, 6.45) is 3.13. The molecule has 17 heavy (non-hydrogen) atoms. The Labute approximate surface area is 98.9 Å². The van der Waals surface area contributed by atoms with Crippen LogP contribution in [0.5, 0.6) is 0 Å². The van der Waals surface area contributed by atoms with E-state index in [1.165, 1.54) is 0 Å². The fourth-order valence-electron chi connectivity index (χ4n) is 2.74. The first-order valence-electron chi connectivity index (χ1n) is 5.29. The van der Waals surface area contributed by atoms with Crippen LogP contribution in [0.25, 0.3) is 0 Å². The van der Waals surface area contributed by atoms with Gasteiger partial charge in [0.25, 0.3) is 0 Å². The van der Waals surface area contributed by atoms with Gasteiger partial charge >= 0.3 is 0 Å². The van der Waals surface area contributed by atoms with E-state index >= 15 is 0 Å². The number of fused-ring (bicyclic) bond motifs is 1. The zero-order valence-electron chi connectivity index (χ0n) is 9.32. The summed E-state index contributed by atoms with van der Waals surface area (Å²) in [6.45, 7) is 1.77. The van der Waals surface area contributed by atoms with E-state index in [0.717, 1.165) is 0 Å². The summed E-state index contributed by atoms with van der Waals surface area (Å²) in [5.41, 5.74) is -1.74. The van der Waals surface area contributed by atoms with Gasteiger partial charge in [-0.25, -0.2) is 0 Å². The maximum absolute atomic E-state index is 11.8. The molecule has 0 aromatic heterocycles. The van der Waals surface area contributed by atoms with Gasteiger partial charge in [0.2, 0.25) is 5.91 Å². The lowest BCUT2D eigenvalue weighted by atomic mass is 9.56. The van der Waals surface area contributed by atoms with Crippen molar-refractivity contribution in [3.8, 4) is 18.2 Å². The van der Waals surface area contributed by atoms with Crippen molar-refractivity contribution in [1.82, 2.24) is 5.32 Å². The maximum Gasteiger partial charge on any atom is 0.244 e. The van der Waals surface area contributed by atoms with E-state index in [0.29, 0.717) is 18.5 Å². The highest BCUT2D eigenvalue weighted by molar-refractivity contribution is 5.87. The van der Waals surface area contributed by atoms with Crippen molar-refractivity contribution in [1.29, 1.82) is 15.8 Å². The number of carbonyl (C=O) groups excluding carboxylic acids is 1. The van der Waals surface area contributed by atoms with Crippen molar-refractivity contribution in [2.24, 2.45) is 16.7 Å². The third kappa shape index (κ3) is 1.07. The van der Waals surface area contributed by atoms with E-state index < -0.39 is 22.7 Å². The molecule has 2 aliphatic rings. The highest BCUT2D eigenvalue weighted by atomic mass is 16.2. The minimum Gasteiger partial charge on any atom is -0.328 e. The molecule has 84 valence electrons. The summed E-state index contributed by atoms with van der Waals surface area (Å²) in [7, 11) is 0. The zero-order valence-corrected chi connectivity index (χ0v) is 9.32. The van der Waals surface area contributed by atoms with Crippen LogP contribution in [0, 0.1) is 50.7 Å². The molecular formula is C12H10N4O. The number of hydrogen-bond acceptors (Lipinski definition) is 4. The second-order valence-corrected chi connectivity index (χ2v) is 4.57. The third-order valence-electron chi connectivity index (χ3n) is 3.89. The van der Waals surface area contributed by atoms with E-state index in [2.05, 4.69) is 5.32 Å². The predicted molar refractivity (Wildman–Crippen MR) is 56.3 cm³/mol. The Hall–Kier alpha value is -2.32. The van der Waals surface area contributed by atoms with Gasteiger partial charge in [-0.3, -0.25) is 4.79 Å². The number of nitriles is 3. The SMILES string of the molecule is CC12CCC=C1NC(=O)C(C#N)C2(C#N)C#N. The van der Waals surface area contributed by atoms with E-state index in [1.54, 1.807) is 13.0 Å². The van der Waals surface area contributed by atoms with Crippen molar-refractivity contribution < 1.29 is 4.79 Å². The van der Waals surface area contributed by atoms with Crippen LogP contribution in [-0.2, 0) is 4.79 Å². The first-order valence-corrected chi connectivity index (χ1v) is 5.29. The molecule has 1 aliphatic heterocycles. The summed E-state index contributed by atoms with van der Waals surface area (Å²) in [5, 5.41) is 30.4. The molecule has 5 heteroatoms. The summed E-state index contributed by atoms with van der Waals surface area (Å²) in [4.78, 5) is 11.8. The molecule has 1 aliphatic carbocycles. The normalized spacial score (nSPS) is 33.4. The maximum atomic E-state index is 11.8. The molecule has 2 unspecified atom stereocenters. The average molecular weight is 226 g/mol. The van der Waals surface area contributed by atoms with E-state index in [1.807, 2.05) is 18.2 Å². The molecule has 0 aromatic rings. The van der Waals surface area contributed by atoms with Crippen LogP contribution in [0.15, 0.2) is 11.8 Å². The number of carbonyl (C=O) groups is 1. The van der Waals surface area contributed by atoms with Gasteiger partial charge in [0.1, 0.15) is 0 Å². The molecule has 2 atom stereocenters. The molecule has 0 bridgehead atoms. The molecule has 0 aromatic carbocycles. The van der Waals surface area contributed by atoms with Crippen LogP contribution in [0.3, 0.4) is 0 Å². The van der Waals surface area contributed by atoms with Gasteiger partial charge in [-0.05, 0) is 12.8 Å². The summed E-state index contributed by atoms with van der Waals surface area (Å²) < 4.78 is 0. The van der Waals surface area contributed by atoms with Crippen molar-refractivity contribution in [3.05, 3.63) is 11.8 Å². The molecule has 1 saturated heterocycles. The summed E-state index contributed by atoms with van der Waals surface area (Å²) >= 11 is 0. The topological polar surface area (TPSA) is 100 Å². The quantitative estimate of drug-likeness (QED) is 0.665. The molecule has 0 radical (unpaired) electrons. The fraction of sp³-hybridized carbons (Fsp3) is 0.500. The number of allylic oxidation sites excluding steroid dienone is 2. The van der Waals surface area contributed by atoms with Gasteiger partial charge in [-0.2, -0.15) is 15.8 Å². The lowest BCUT2D eigenvalue weighted by Gasteiger charge is -2.44. The van der Waals surface area contributed by atoms with Gasteiger partial charge in [0, 0.05) is 11.1 Å². The second kappa shape index (κ2) is 3.34. The van der Waals surface area contributed by atoms with Crippen LogP contribution in [0.4, 0.5) is 0 Å². The predicted octanol–water partition coefficient (Wildman–Crippen LogP) is 0.974. The van der Waals surface area contributed by atoms with Crippen molar-refractivity contribution >= 4 is 5.91 Å². The van der Waals surface area contributed by atoms with E-state index in [9.17, 15) is 15.3 Å². The highest BCUT2D eigenvalue weighted by Gasteiger charge is 2.63. The molecular weight excluding hydrogens is 216 g/mol. The van der Waals surface area contributed by atoms with E-state index in [4.69, 9.17) is 5.26 Å². The zero-order chi connectivity index (χ0) is 12.7. The Kier molecular flexibility index (Phi) is 2.19. The number of hydrogen-bond donors (Lipinski definition) is 1. The number of nitrogens with one attached hydrogen (secondary N) is 1. The minimum atomic E-state index is -1.59. The van der Waals surface area contributed by atoms with E-state index in [-0.39, 0.29) is 0 Å². The Morgan fingerprint density at radius 3 is 2.59 bits per heavy atom. The van der Waals surface area contributed by atoms with Crippen LogP contribution in [-0.4, -0.2) is 5.91 Å². The average Bonchev–Trinajstić information content (AvgIpc) is 2.69. The van der Waals surface area contributed by atoms with Crippen molar-refractivity contribution in [2.45, 2.75) is 19.8 Å². The summed E-state index contributed by atoms with van der Waals surface area (Å²) in [6, 6.07) is 5.65. The Morgan fingerprint density at radius 1 is 1.41 bits per heavy atom. The monoisotopic (exact) mass is 226 g/mol. The van der Waals surface area contributed by atoms with Crippen LogP contribution >= 0.6 is 0 Å². The molecule has 1 fully saturated rings. The molecule has 2 rings (SSSR count). The second-order valence-electron chi connectivity index (χ2n) is 4.57. The van der Waals surface area contributed by atoms with Gasteiger partial charge in [0.05, 0.1) is 18.2 Å². The largest absolute Gasteiger partial charge is 0.328 e. The number of piperidine rings is 1. The molecule has 1 N–H and O–H groups in total. The first-order chi connectivity index (χ1) is 8.05. The Bertz CT molecular complexity index is 528. The Morgan fingerprint density at radius 2 is 2.06 bits per heavy atom. The molecule has 0 spiro atoms. The number of rotatable bonds is 0. The van der Waals surface area contributed by atoms with Gasteiger partial charge < -0.3 is 5.32 Å². The van der Waals surface area contributed by atoms with Crippen LogP contribution < -0.4 is 5.32 Å². The fourth-order valence-corrected chi connectivity index (χ4v) is 2.74. The van der Waals surface area contributed by atoms with Crippen molar-refractivity contribution in [3.63, 3.8) is 0 Å². The van der Waals surface area contributed by atoms with Crippen molar-refractivity contribution in [2.75, 3.05) is 0 Å². The van der Waals surface area contributed by atoms with Crippen LogP contribution in [0.2, 0.25) is 0 Å². The number of amides is 1. The minimum absolute atomic E-state index is 0.554. The van der Waals surface area contributed by atoms with Gasteiger partial charge in [-0.1, -0.05) is 13.0 Å². The summed E-state index contributed by atoms with van der Waals surface area (Å²) in [5.74, 6) is -1.79. The molecule has 1 heterocycles. The number of nitrogens with zero attached hydrogens (tertiary/aromatic N) is 3. The Balaban J connectivity index is 2.69. The molecule has 1 amide bonds.